The van der Waals surface area contributed by atoms with Crippen LogP contribution in [0.5, 0.6) is 5.75 Å². The highest BCUT2D eigenvalue weighted by Crippen LogP contribution is 2.38. The van der Waals surface area contributed by atoms with Crippen molar-refractivity contribution in [2.75, 3.05) is 44.7 Å². The number of hydrogen-bond acceptors (Lipinski definition) is 6. The van der Waals surface area contributed by atoms with Crippen molar-refractivity contribution in [2.45, 2.75) is 57.2 Å². The number of nitrogens with zero attached hydrogens (tertiary/aromatic N) is 4. The first kappa shape index (κ1) is 23.2. The fourth-order valence-corrected chi connectivity index (χ4v) is 6.16. The molecule has 1 aromatic heterocycles. The second-order valence-electron chi connectivity index (χ2n) is 10.1. The molecule has 0 spiro atoms. The predicted octanol–water partition coefficient (Wildman–Crippen LogP) is 1.82. The maximum Gasteiger partial charge on any atom is 0.329 e. The molecule has 0 bridgehead atoms. The van der Waals surface area contributed by atoms with Gasteiger partial charge >= 0.3 is 5.69 Å². The Kier molecular flexibility index (Phi) is 6.57. The van der Waals surface area contributed by atoms with Crippen LogP contribution in [-0.2, 0) is 11.8 Å². The molecule has 2 saturated heterocycles. The van der Waals surface area contributed by atoms with Gasteiger partial charge in [-0.25, -0.2) is 4.79 Å². The molecule has 3 aliphatic rings. The van der Waals surface area contributed by atoms with Crippen LogP contribution >= 0.6 is 0 Å². The van der Waals surface area contributed by atoms with Crippen molar-refractivity contribution < 1.29 is 14.6 Å². The lowest BCUT2D eigenvalue weighted by Crippen LogP contribution is -2.48. The summed E-state index contributed by atoms with van der Waals surface area (Å²) in [6.45, 7) is 4.94. The molecule has 5 rings (SSSR count). The summed E-state index contributed by atoms with van der Waals surface area (Å²) in [5.41, 5.74) is 2.31. The van der Waals surface area contributed by atoms with Crippen LogP contribution in [0, 0.1) is 5.92 Å². The van der Waals surface area contributed by atoms with Crippen molar-refractivity contribution in [3.63, 3.8) is 0 Å². The van der Waals surface area contributed by atoms with Crippen LogP contribution < -0.4 is 20.6 Å². The van der Waals surface area contributed by atoms with E-state index in [2.05, 4.69) is 15.1 Å². The fourth-order valence-electron chi connectivity index (χ4n) is 6.16. The van der Waals surface area contributed by atoms with Gasteiger partial charge in [0.1, 0.15) is 17.7 Å². The van der Waals surface area contributed by atoms with Crippen LogP contribution in [0.4, 0.5) is 5.69 Å². The second-order valence-corrected chi connectivity index (χ2v) is 10.1. The molecule has 2 atom stereocenters. The normalized spacial score (nSPS) is 25.0. The van der Waals surface area contributed by atoms with E-state index < -0.39 is 12.3 Å². The summed E-state index contributed by atoms with van der Waals surface area (Å²) < 4.78 is 9.05. The molecular weight excluding hydrogens is 434 g/mol. The van der Waals surface area contributed by atoms with Gasteiger partial charge in [-0.15, -0.1) is 0 Å². The second kappa shape index (κ2) is 9.62. The number of ether oxygens (including phenoxy) is 1. The Morgan fingerprint density at radius 1 is 1.06 bits per heavy atom. The number of hydrogen-bond donors (Lipinski definition) is 2. The molecule has 1 aromatic carbocycles. The Morgan fingerprint density at radius 2 is 1.79 bits per heavy atom. The number of methoxy groups -OCH3 is 1. The number of anilines is 1. The molecule has 1 aliphatic carbocycles. The van der Waals surface area contributed by atoms with E-state index in [4.69, 9.17) is 4.74 Å². The zero-order valence-corrected chi connectivity index (χ0v) is 20.3. The zero-order chi connectivity index (χ0) is 23.8. The standard InChI is InChI=1S/C25H37N5O4/c1-27-22-18(30(25(27)33)19-9-11-21(31)26-24(19)32)8-10-20(34-2)23(22)29-14-12-28(13-15-29)16-17-6-4-3-5-7-17/h8,10,17,19,24,32H,3-7,9,11-16H2,1-2H3,(H,26,31). The Morgan fingerprint density at radius 3 is 2.47 bits per heavy atom. The average Bonchev–Trinajstić information content (AvgIpc) is 3.10. The molecule has 3 fully saturated rings. The van der Waals surface area contributed by atoms with Gasteiger partial charge in [-0.3, -0.25) is 18.8 Å². The average molecular weight is 472 g/mol. The molecule has 2 unspecified atom stereocenters. The molecule has 1 saturated carbocycles. The maximum absolute atomic E-state index is 13.4. The number of piperazine rings is 1. The van der Waals surface area contributed by atoms with Crippen LogP contribution in [0.25, 0.3) is 11.0 Å². The van der Waals surface area contributed by atoms with Gasteiger partial charge in [-0.2, -0.15) is 0 Å². The summed E-state index contributed by atoms with van der Waals surface area (Å²) >= 11 is 0. The van der Waals surface area contributed by atoms with Crippen LogP contribution in [0.15, 0.2) is 16.9 Å². The molecule has 0 radical (unpaired) electrons. The van der Waals surface area contributed by atoms with E-state index in [1.165, 1.54) is 38.6 Å². The van der Waals surface area contributed by atoms with E-state index in [-0.39, 0.29) is 18.0 Å². The highest BCUT2D eigenvalue weighted by atomic mass is 16.5. The number of aryl methyl sites for hydroxylation is 1. The molecule has 9 heteroatoms. The van der Waals surface area contributed by atoms with Gasteiger partial charge in [-0.05, 0) is 37.3 Å². The summed E-state index contributed by atoms with van der Waals surface area (Å²) in [7, 11) is 3.44. The first-order chi connectivity index (χ1) is 16.5. The number of imidazole rings is 1. The van der Waals surface area contributed by atoms with Gasteiger partial charge < -0.3 is 20.1 Å². The highest BCUT2D eigenvalue weighted by molar-refractivity contribution is 5.93. The number of benzene rings is 1. The van der Waals surface area contributed by atoms with E-state index in [9.17, 15) is 14.7 Å². The number of aliphatic hydroxyl groups excluding tert-OH is 1. The summed E-state index contributed by atoms with van der Waals surface area (Å²) in [6, 6.07) is 3.31. The molecule has 3 heterocycles. The lowest BCUT2D eigenvalue weighted by atomic mass is 9.89. The SMILES string of the molecule is COc1ccc2c(c1N1CCN(CC3CCCCC3)CC1)n(C)c(=O)n2C1CCC(=O)NC1O. The third-order valence-electron chi connectivity index (χ3n) is 8.00. The topological polar surface area (TPSA) is 92.0 Å². The van der Waals surface area contributed by atoms with Crippen molar-refractivity contribution in [1.29, 1.82) is 0 Å². The Bertz CT molecular complexity index is 1090. The molecule has 9 nitrogen and oxygen atoms in total. The van der Waals surface area contributed by atoms with Crippen molar-refractivity contribution >= 4 is 22.6 Å². The first-order valence-corrected chi connectivity index (χ1v) is 12.7. The van der Waals surface area contributed by atoms with Crippen molar-refractivity contribution in [1.82, 2.24) is 19.4 Å². The molecule has 2 aromatic rings. The maximum atomic E-state index is 13.4. The number of aliphatic hydroxyl groups is 1. The van der Waals surface area contributed by atoms with E-state index in [1.807, 2.05) is 12.1 Å². The van der Waals surface area contributed by atoms with Crippen LogP contribution in [0.2, 0.25) is 0 Å². The largest absolute Gasteiger partial charge is 0.494 e. The summed E-state index contributed by atoms with van der Waals surface area (Å²) in [5, 5.41) is 13.1. The third-order valence-corrected chi connectivity index (χ3v) is 8.00. The van der Waals surface area contributed by atoms with Gasteiger partial charge in [0.15, 0.2) is 0 Å². The fraction of sp³-hybridized carbons (Fsp3) is 0.680. The van der Waals surface area contributed by atoms with E-state index in [0.29, 0.717) is 6.42 Å². The number of rotatable bonds is 5. The summed E-state index contributed by atoms with van der Waals surface area (Å²) in [4.78, 5) is 30.0. The smallest absolute Gasteiger partial charge is 0.329 e. The Hall–Kier alpha value is -2.52. The van der Waals surface area contributed by atoms with E-state index in [0.717, 1.165) is 54.6 Å². The third kappa shape index (κ3) is 4.20. The van der Waals surface area contributed by atoms with Gasteiger partial charge in [0.2, 0.25) is 5.91 Å². The van der Waals surface area contributed by atoms with Crippen LogP contribution in [0.3, 0.4) is 0 Å². The Labute approximate surface area is 200 Å². The molecule has 34 heavy (non-hydrogen) atoms. The number of fused-ring (bicyclic) bond motifs is 1. The molecule has 1 amide bonds. The van der Waals surface area contributed by atoms with Gasteiger partial charge in [-0.1, -0.05) is 19.3 Å². The number of carbonyl (C=O) groups excluding carboxylic acids is 1. The van der Waals surface area contributed by atoms with Crippen LogP contribution in [0.1, 0.15) is 51.0 Å². The number of piperidine rings is 1. The van der Waals surface area contributed by atoms with Gasteiger partial charge in [0.25, 0.3) is 0 Å². The minimum atomic E-state index is -1.08. The lowest BCUT2D eigenvalue weighted by Gasteiger charge is -2.39. The number of carbonyl (C=O) groups is 1. The summed E-state index contributed by atoms with van der Waals surface area (Å²) in [5.74, 6) is 1.39. The minimum Gasteiger partial charge on any atom is -0.494 e. The van der Waals surface area contributed by atoms with E-state index >= 15 is 0 Å². The van der Waals surface area contributed by atoms with Crippen LogP contribution in [-0.4, -0.2) is 71.1 Å². The molecular formula is C25H37N5O4. The highest BCUT2D eigenvalue weighted by Gasteiger charge is 2.33. The zero-order valence-electron chi connectivity index (χ0n) is 20.3. The quantitative estimate of drug-likeness (QED) is 0.691. The van der Waals surface area contributed by atoms with Gasteiger partial charge in [0.05, 0.1) is 24.2 Å². The molecule has 186 valence electrons. The Balaban J connectivity index is 1.44. The number of aromatic nitrogens is 2. The van der Waals surface area contributed by atoms with Crippen molar-refractivity contribution in [2.24, 2.45) is 13.0 Å². The van der Waals surface area contributed by atoms with Crippen molar-refractivity contribution in [3.8, 4) is 5.75 Å². The van der Waals surface area contributed by atoms with Gasteiger partial charge in [0, 0.05) is 46.2 Å². The van der Waals surface area contributed by atoms with Crippen molar-refractivity contribution in [3.05, 3.63) is 22.6 Å². The van der Waals surface area contributed by atoms with E-state index in [1.54, 1.807) is 23.3 Å². The number of amides is 1. The first-order valence-electron chi connectivity index (χ1n) is 12.7. The monoisotopic (exact) mass is 471 g/mol. The number of nitrogens with one attached hydrogen (secondary N) is 1. The summed E-state index contributed by atoms with van der Waals surface area (Å²) in [6.07, 6.45) is 6.47. The minimum absolute atomic E-state index is 0.189. The lowest BCUT2D eigenvalue weighted by molar-refractivity contribution is -0.128. The molecule has 2 aliphatic heterocycles. The predicted molar refractivity (Wildman–Crippen MR) is 131 cm³/mol. The molecule has 2 N–H and O–H groups in total.